The number of nitrogens with zero attached hydrogens (tertiary/aromatic N) is 2. The van der Waals surface area contributed by atoms with E-state index < -0.39 is 23.9 Å². The van der Waals surface area contributed by atoms with E-state index in [9.17, 15) is 19.1 Å². The number of nitrogens with one attached hydrogen (secondary N) is 1. The molecule has 0 bridgehead atoms. The third-order valence-electron chi connectivity index (χ3n) is 6.80. The maximum Gasteiger partial charge on any atom is 0.228 e. The molecule has 2 aromatic carbocycles. The van der Waals surface area contributed by atoms with Crippen molar-refractivity contribution in [1.82, 2.24) is 15.2 Å². The van der Waals surface area contributed by atoms with Crippen LogP contribution in [0.3, 0.4) is 0 Å². The largest absolute Gasteiger partial charge is 0.489 e. The zero-order chi connectivity index (χ0) is 27.8. The Balaban J connectivity index is 1.46. The van der Waals surface area contributed by atoms with Gasteiger partial charge in [0.2, 0.25) is 17.7 Å². The number of halogens is 1. The Morgan fingerprint density at radius 1 is 1.15 bits per heavy atom. The summed E-state index contributed by atoms with van der Waals surface area (Å²) in [5.41, 5.74) is 2.32. The molecule has 206 valence electrons. The predicted octanol–water partition coefficient (Wildman–Crippen LogP) is 3.66. The number of carbonyl (C=O) groups excluding carboxylic acids is 2. The molecule has 8 nitrogen and oxygen atoms in total. The van der Waals surface area contributed by atoms with E-state index >= 15 is 0 Å². The van der Waals surface area contributed by atoms with Gasteiger partial charge in [0.05, 0.1) is 25.2 Å². The summed E-state index contributed by atoms with van der Waals surface area (Å²) in [6.45, 7) is 2.59. The van der Waals surface area contributed by atoms with Crippen molar-refractivity contribution in [3.05, 3.63) is 89.4 Å². The lowest BCUT2D eigenvalue weighted by Gasteiger charge is -2.37. The van der Waals surface area contributed by atoms with E-state index in [1.54, 1.807) is 29.3 Å². The highest BCUT2D eigenvalue weighted by Crippen LogP contribution is 2.27. The summed E-state index contributed by atoms with van der Waals surface area (Å²) in [5, 5.41) is 14.1. The van der Waals surface area contributed by atoms with Crippen molar-refractivity contribution in [1.29, 1.82) is 0 Å². The first-order valence-electron chi connectivity index (χ1n) is 13.0. The van der Waals surface area contributed by atoms with Crippen LogP contribution in [0.2, 0.25) is 0 Å². The molecule has 0 unspecified atom stereocenters. The van der Waals surface area contributed by atoms with E-state index in [-0.39, 0.29) is 24.8 Å². The molecule has 2 N–H and O–H groups in total. The smallest absolute Gasteiger partial charge is 0.228 e. The average Bonchev–Trinajstić information content (AvgIpc) is 2.93. The van der Waals surface area contributed by atoms with Crippen molar-refractivity contribution in [2.45, 2.75) is 51.5 Å². The quantitative estimate of drug-likeness (QED) is 0.389. The third kappa shape index (κ3) is 7.77. The average molecular weight is 536 g/mol. The van der Waals surface area contributed by atoms with Crippen molar-refractivity contribution in [2.75, 3.05) is 13.7 Å². The number of methoxy groups -OCH3 is 1. The normalized spacial score (nSPS) is 16.9. The molecule has 1 aromatic heterocycles. The summed E-state index contributed by atoms with van der Waals surface area (Å²) < 4.78 is 25.4. The highest BCUT2D eigenvalue weighted by Gasteiger charge is 2.38. The molecule has 4 rings (SSSR count). The number of aliphatic hydroxyl groups excluding tert-OH is 1. The van der Waals surface area contributed by atoms with Gasteiger partial charge >= 0.3 is 0 Å². The lowest BCUT2D eigenvalue weighted by Crippen LogP contribution is -2.53. The molecule has 1 aliphatic rings. The van der Waals surface area contributed by atoms with Crippen LogP contribution in [0.25, 0.3) is 0 Å². The van der Waals surface area contributed by atoms with Crippen LogP contribution < -0.4 is 14.8 Å². The molecule has 0 spiro atoms. The standard InChI is InChI=1S/C30H34FN3O5/c1-20(35)33-27(29(36)26-9-6-12-34(30(26)37)18-21-7-4-3-5-8-21)15-23-13-24(31)16-25(14-23)39-19-22-10-11-28(38-2)32-17-22/h3-5,7-8,10-11,13-14,16-17,26-27,29,36H,6,9,12,15,18-19H2,1-2H3,(H,33,35)/t26-,27-,29+/m0/s1. The van der Waals surface area contributed by atoms with Gasteiger partial charge in [-0.2, -0.15) is 0 Å². The van der Waals surface area contributed by atoms with Crippen LogP contribution in [0.4, 0.5) is 4.39 Å². The van der Waals surface area contributed by atoms with Crippen molar-refractivity contribution in [3.8, 4) is 11.6 Å². The van der Waals surface area contributed by atoms with E-state index in [0.717, 1.165) is 17.5 Å². The van der Waals surface area contributed by atoms with Crippen molar-refractivity contribution < 1.29 is 28.6 Å². The monoisotopic (exact) mass is 535 g/mol. The van der Waals surface area contributed by atoms with Crippen LogP contribution in [-0.2, 0) is 29.2 Å². The zero-order valence-corrected chi connectivity index (χ0v) is 22.2. The molecule has 1 aliphatic heterocycles. The Kier molecular flexibility index (Phi) is 9.49. The summed E-state index contributed by atoms with van der Waals surface area (Å²) >= 11 is 0. The van der Waals surface area contributed by atoms with Crippen molar-refractivity contribution >= 4 is 11.8 Å². The van der Waals surface area contributed by atoms with Crippen LogP contribution in [0.5, 0.6) is 11.6 Å². The molecule has 9 heteroatoms. The van der Waals surface area contributed by atoms with E-state index in [0.29, 0.717) is 36.7 Å². The Bertz CT molecular complexity index is 1260. The molecule has 0 saturated carbocycles. The first-order valence-corrected chi connectivity index (χ1v) is 13.0. The summed E-state index contributed by atoms with van der Waals surface area (Å²) in [5.74, 6) is -0.887. The van der Waals surface area contributed by atoms with Crippen LogP contribution in [0, 0.1) is 11.7 Å². The summed E-state index contributed by atoms with van der Waals surface area (Å²) in [4.78, 5) is 31.3. The summed E-state index contributed by atoms with van der Waals surface area (Å²) in [6, 6.07) is 16.7. The fourth-order valence-electron chi connectivity index (χ4n) is 4.91. The molecule has 39 heavy (non-hydrogen) atoms. The van der Waals surface area contributed by atoms with Crippen LogP contribution >= 0.6 is 0 Å². The van der Waals surface area contributed by atoms with Gasteiger partial charge in [-0.05, 0) is 48.6 Å². The number of pyridine rings is 1. The maximum atomic E-state index is 14.5. The van der Waals surface area contributed by atoms with Crippen molar-refractivity contribution in [3.63, 3.8) is 0 Å². The second-order valence-corrected chi connectivity index (χ2v) is 9.79. The third-order valence-corrected chi connectivity index (χ3v) is 6.80. The fourth-order valence-corrected chi connectivity index (χ4v) is 4.91. The number of piperidine rings is 1. The second kappa shape index (κ2) is 13.2. The summed E-state index contributed by atoms with van der Waals surface area (Å²) in [6.07, 6.45) is 1.85. The van der Waals surface area contributed by atoms with Crippen LogP contribution in [0.15, 0.2) is 66.9 Å². The maximum absolute atomic E-state index is 14.5. The number of hydrogen-bond acceptors (Lipinski definition) is 6. The van der Waals surface area contributed by atoms with Gasteiger partial charge in [-0.3, -0.25) is 9.59 Å². The molecule has 0 aliphatic carbocycles. The number of aromatic nitrogens is 1. The Hall–Kier alpha value is -3.98. The molecular weight excluding hydrogens is 501 g/mol. The van der Waals surface area contributed by atoms with Gasteiger partial charge in [-0.25, -0.2) is 9.37 Å². The molecule has 1 saturated heterocycles. The van der Waals surface area contributed by atoms with E-state index in [4.69, 9.17) is 9.47 Å². The number of likely N-dealkylation sites (tertiary alicyclic amines) is 1. The van der Waals surface area contributed by atoms with E-state index in [1.165, 1.54) is 26.2 Å². The van der Waals surface area contributed by atoms with Crippen LogP contribution in [0.1, 0.15) is 36.5 Å². The minimum Gasteiger partial charge on any atom is -0.489 e. The topological polar surface area (TPSA) is 101 Å². The molecule has 0 radical (unpaired) electrons. The van der Waals surface area contributed by atoms with Gasteiger partial charge in [-0.15, -0.1) is 0 Å². The lowest BCUT2D eigenvalue weighted by atomic mass is 9.85. The Morgan fingerprint density at radius 3 is 2.64 bits per heavy atom. The van der Waals surface area contributed by atoms with Gasteiger partial charge < -0.3 is 24.8 Å². The fraction of sp³-hybridized carbons (Fsp3) is 0.367. The number of ether oxygens (including phenoxy) is 2. The zero-order valence-electron chi connectivity index (χ0n) is 22.2. The number of carbonyl (C=O) groups is 2. The number of hydrogen-bond donors (Lipinski definition) is 2. The molecular formula is C30H34FN3O5. The molecule has 2 amide bonds. The molecule has 2 heterocycles. The number of rotatable bonds is 11. The lowest BCUT2D eigenvalue weighted by molar-refractivity contribution is -0.145. The second-order valence-electron chi connectivity index (χ2n) is 9.79. The Morgan fingerprint density at radius 2 is 1.95 bits per heavy atom. The highest BCUT2D eigenvalue weighted by atomic mass is 19.1. The van der Waals surface area contributed by atoms with Crippen molar-refractivity contribution in [2.24, 2.45) is 5.92 Å². The minimum atomic E-state index is -1.14. The van der Waals surface area contributed by atoms with Gasteiger partial charge in [0.1, 0.15) is 18.2 Å². The number of benzene rings is 2. The van der Waals surface area contributed by atoms with Gasteiger partial charge in [-0.1, -0.05) is 30.3 Å². The molecule has 3 aromatic rings. The summed E-state index contributed by atoms with van der Waals surface area (Å²) in [7, 11) is 1.53. The molecule has 1 fully saturated rings. The van der Waals surface area contributed by atoms with Gasteiger partial charge in [0, 0.05) is 43.9 Å². The van der Waals surface area contributed by atoms with Crippen LogP contribution in [-0.4, -0.2) is 52.6 Å². The van der Waals surface area contributed by atoms with E-state index in [2.05, 4.69) is 10.3 Å². The first kappa shape index (κ1) is 28.0. The number of aliphatic hydroxyl groups is 1. The highest BCUT2D eigenvalue weighted by molar-refractivity contribution is 5.80. The Labute approximate surface area is 227 Å². The van der Waals surface area contributed by atoms with Gasteiger partial charge in [0.15, 0.2) is 0 Å². The van der Waals surface area contributed by atoms with Gasteiger partial charge in [0.25, 0.3) is 0 Å². The van der Waals surface area contributed by atoms with E-state index in [1.807, 2.05) is 30.3 Å². The first-order chi connectivity index (χ1) is 18.8. The predicted molar refractivity (Wildman–Crippen MR) is 143 cm³/mol. The minimum absolute atomic E-state index is 0.126. The number of amides is 2. The SMILES string of the molecule is COc1ccc(COc2cc(F)cc(C[C@H](NC(C)=O)[C@H](O)[C@@H]3CCCN(Cc4ccccc4)C3=O)c2)cn1. The molecule has 3 atom stereocenters.